The Bertz CT molecular complexity index is 626. The summed E-state index contributed by atoms with van der Waals surface area (Å²) in [5, 5.41) is 2.51. The van der Waals surface area contributed by atoms with Crippen molar-refractivity contribution < 1.29 is 26.4 Å². The molecule has 0 aromatic carbocycles. The SMILES string of the molecule is O=C(NCC1CCS(=O)(=O)C1)c1ccc(C(F)(F)F)nc1. The van der Waals surface area contributed by atoms with Crippen molar-refractivity contribution in [1.82, 2.24) is 10.3 Å². The average Bonchev–Trinajstić information content (AvgIpc) is 2.75. The van der Waals surface area contributed by atoms with E-state index in [1.54, 1.807) is 0 Å². The summed E-state index contributed by atoms with van der Waals surface area (Å²) in [4.78, 5) is 14.9. The second kappa shape index (κ2) is 5.63. The van der Waals surface area contributed by atoms with E-state index in [9.17, 15) is 26.4 Å². The zero-order chi connectivity index (χ0) is 15.7. The number of alkyl halides is 3. The van der Waals surface area contributed by atoms with Crippen molar-refractivity contribution in [3.8, 4) is 0 Å². The van der Waals surface area contributed by atoms with Crippen LogP contribution in [0.5, 0.6) is 0 Å². The zero-order valence-electron chi connectivity index (χ0n) is 10.9. The van der Waals surface area contributed by atoms with Gasteiger partial charge in [0.1, 0.15) is 5.69 Å². The molecule has 2 heterocycles. The van der Waals surface area contributed by atoms with Crippen LogP contribution in [0.4, 0.5) is 13.2 Å². The summed E-state index contributed by atoms with van der Waals surface area (Å²) < 4.78 is 59.5. The van der Waals surface area contributed by atoms with Crippen LogP contribution in [0.25, 0.3) is 0 Å². The molecule has 1 unspecified atom stereocenters. The predicted molar refractivity (Wildman–Crippen MR) is 68.3 cm³/mol. The number of rotatable bonds is 3. The van der Waals surface area contributed by atoms with Crippen LogP contribution in [0.2, 0.25) is 0 Å². The maximum absolute atomic E-state index is 12.3. The van der Waals surface area contributed by atoms with E-state index in [0.29, 0.717) is 6.42 Å². The molecule has 0 bridgehead atoms. The van der Waals surface area contributed by atoms with Gasteiger partial charge in [0.15, 0.2) is 9.84 Å². The molecule has 1 N–H and O–H groups in total. The highest BCUT2D eigenvalue weighted by Crippen LogP contribution is 2.27. The lowest BCUT2D eigenvalue weighted by Crippen LogP contribution is -2.30. The molecule has 9 heteroatoms. The molecule has 116 valence electrons. The van der Waals surface area contributed by atoms with Gasteiger partial charge >= 0.3 is 6.18 Å². The Hall–Kier alpha value is -1.64. The van der Waals surface area contributed by atoms with Crippen molar-refractivity contribution in [1.29, 1.82) is 0 Å². The number of hydrogen-bond donors (Lipinski definition) is 1. The zero-order valence-corrected chi connectivity index (χ0v) is 11.7. The molecule has 0 spiro atoms. The van der Waals surface area contributed by atoms with E-state index < -0.39 is 27.6 Å². The highest BCUT2D eigenvalue weighted by atomic mass is 32.2. The lowest BCUT2D eigenvalue weighted by atomic mass is 10.1. The second-order valence-corrected chi connectivity index (χ2v) is 7.14. The third-order valence-corrected chi connectivity index (χ3v) is 5.03. The molecule has 1 amide bonds. The quantitative estimate of drug-likeness (QED) is 0.909. The van der Waals surface area contributed by atoms with Crippen LogP contribution < -0.4 is 5.32 Å². The smallest absolute Gasteiger partial charge is 0.352 e. The Kier molecular flexibility index (Phi) is 4.22. The van der Waals surface area contributed by atoms with Gasteiger partial charge in [-0.2, -0.15) is 13.2 Å². The highest BCUT2D eigenvalue weighted by Gasteiger charge is 2.32. The summed E-state index contributed by atoms with van der Waals surface area (Å²) >= 11 is 0. The van der Waals surface area contributed by atoms with Crippen molar-refractivity contribution in [2.24, 2.45) is 5.92 Å². The number of nitrogens with zero attached hydrogens (tertiary/aromatic N) is 1. The minimum absolute atomic E-state index is 0.00357. The first-order chi connectivity index (χ1) is 9.67. The van der Waals surface area contributed by atoms with Crippen LogP contribution in [0.3, 0.4) is 0 Å². The van der Waals surface area contributed by atoms with E-state index >= 15 is 0 Å². The average molecular weight is 322 g/mol. The van der Waals surface area contributed by atoms with Gasteiger partial charge in [0.25, 0.3) is 5.91 Å². The lowest BCUT2D eigenvalue weighted by molar-refractivity contribution is -0.141. The van der Waals surface area contributed by atoms with Crippen LogP contribution in [0, 0.1) is 5.92 Å². The van der Waals surface area contributed by atoms with E-state index in [2.05, 4.69) is 10.3 Å². The van der Waals surface area contributed by atoms with Crippen LogP contribution in [0.1, 0.15) is 22.5 Å². The monoisotopic (exact) mass is 322 g/mol. The number of hydrogen-bond acceptors (Lipinski definition) is 4. The lowest BCUT2D eigenvalue weighted by Gasteiger charge is -2.10. The molecule has 1 fully saturated rings. The third kappa shape index (κ3) is 4.16. The molecule has 1 aromatic rings. The number of pyridine rings is 1. The van der Waals surface area contributed by atoms with Gasteiger partial charge in [0.2, 0.25) is 0 Å². The Morgan fingerprint density at radius 2 is 2.10 bits per heavy atom. The van der Waals surface area contributed by atoms with Crippen LogP contribution >= 0.6 is 0 Å². The van der Waals surface area contributed by atoms with Crippen LogP contribution in [0.15, 0.2) is 18.3 Å². The van der Waals surface area contributed by atoms with Crippen molar-refractivity contribution in [2.45, 2.75) is 12.6 Å². The molecule has 0 radical (unpaired) electrons. The van der Waals surface area contributed by atoms with Gasteiger partial charge in [-0.05, 0) is 24.5 Å². The maximum Gasteiger partial charge on any atom is 0.433 e. The summed E-state index contributed by atoms with van der Waals surface area (Å²) in [7, 11) is -3.02. The molecule has 1 saturated heterocycles. The fourth-order valence-electron chi connectivity index (χ4n) is 2.07. The van der Waals surface area contributed by atoms with Gasteiger partial charge in [-0.1, -0.05) is 0 Å². The molecule has 1 aliphatic rings. The largest absolute Gasteiger partial charge is 0.433 e. The van der Waals surface area contributed by atoms with Crippen LogP contribution in [-0.2, 0) is 16.0 Å². The molecule has 1 aliphatic heterocycles. The summed E-state index contributed by atoms with van der Waals surface area (Å²) in [6.07, 6.45) is -3.22. The van der Waals surface area contributed by atoms with Crippen molar-refractivity contribution >= 4 is 15.7 Å². The number of amides is 1. The highest BCUT2D eigenvalue weighted by molar-refractivity contribution is 7.91. The summed E-state index contributed by atoms with van der Waals surface area (Å²) in [5.41, 5.74) is -1.07. The van der Waals surface area contributed by atoms with Gasteiger partial charge in [0, 0.05) is 12.7 Å². The molecular weight excluding hydrogens is 309 g/mol. The predicted octanol–water partition coefficient (Wildman–Crippen LogP) is 1.26. The van der Waals surface area contributed by atoms with E-state index in [-0.39, 0.29) is 29.5 Å². The first-order valence-corrected chi connectivity index (χ1v) is 8.01. The second-order valence-electron chi connectivity index (χ2n) is 4.91. The van der Waals surface area contributed by atoms with E-state index in [1.165, 1.54) is 0 Å². The fourth-order valence-corrected chi connectivity index (χ4v) is 3.93. The first kappa shape index (κ1) is 15.7. The van der Waals surface area contributed by atoms with E-state index in [0.717, 1.165) is 18.3 Å². The van der Waals surface area contributed by atoms with Crippen molar-refractivity contribution in [3.05, 3.63) is 29.6 Å². The molecule has 0 saturated carbocycles. The number of sulfone groups is 1. The molecule has 1 atom stereocenters. The number of carbonyl (C=O) groups is 1. The fraction of sp³-hybridized carbons (Fsp3) is 0.500. The van der Waals surface area contributed by atoms with E-state index in [4.69, 9.17) is 0 Å². The maximum atomic E-state index is 12.3. The van der Waals surface area contributed by atoms with Gasteiger partial charge in [-0.15, -0.1) is 0 Å². The number of aromatic nitrogens is 1. The Morgan fingerprint density at radius 3 is 2.57 bits per heavy atom. The Labute approximate surface area is 119 Å². The molecule has 2 rings (SSSR count). The summed E-state index contributed by atoms with van der Waals surface area (Å²) in [6.45, 7) is 0.180. The van der Waals surface area contributed by atoms with Gasteiger partial charge in [-0.3, -0.25) is 9.78 Å². The minimum atomic E-state index is -4.55. The third-order valence-electron chi connectivity index (χ3n) is 3.19. The molecular formula is C12H13F3N2O3S. The summed E-state index contributed by atoms with van der Waals surface area (Å²) in [6, 6.07) is 1.77. The molecule has 5 nitrogen and oxygen atoms in total. The van der Waals surface area contributed by atoms with E-state index in [1.807, 2.05) is 0 Å². The standard InChI is InChI=1S/C12H13F3N2O3S/c13-12(14,15)10-2-1-9(6-16-10)11(18)17-5-8-3-4-21(19,20)7-8/h1-2,6,8H,3-5,7H2,(H,17,18). The topological polar surface area (TPSA) is 76.1 Å². The molecule has 21 heavy (non-hydrogen) atoms. The van der Waals surface area contributed by atoms with Crippen LogP contribution in [-0.4, -0.2) is 37.4 Å². The number of nitrogens with one attached hydrogen (secondary N) is 1. The normalized spacial score (nSPS) is 21.2. The van der Waals surface area contributed by atoms with Gasteiger partial charge in [0.05, 0.1) is 17.1 Å². The molecule has 1 aromatic heterocycles. The number of carbonyl (C=O) groups excluding carboxylic acids is 1. The molecule has 0 aliphatic carbocycles. The van der Waals surface area contributed by atoms with Gasteiger partial charge < -0.3 is 5.32 Å². The number of halogens is 3. The minimum Gasteiger partial charge on any atom is -0.352 e. The Morgan fingerprint density at radius 1 is 1.38 bits per heavy atom. The first-order valence-electron chi connectivity index (χ1n) is 6.19. The van der Waals surface area contributed by atoms with Crippen molar-refractivity contribution in [3.63, 3.8) is 0 Å². The Balaban J connectivity index is 1.92. The summed E-state index contributed by atoms with van der Waals surface area (Å²) in [5.74, 6) is -0.588. The van der Waals surface area contributed by atoms with Crippen molar-refractivity contribution in [2.75, 3.05) is 18.1 Å². The van der Waals surface area contributed by atoms with Gasteiger partial charge in [-0.25, -0.2) is 8.42 Å².